The van der Waals surface area contributed by atoms with Gasteiger partial charge in [0.15, 0.2) is 5.78 Å². The molecular weight excluding hydrogens is 364 g/mol. The number of hydrogen-bond acceptors (Lipinski definition) is 9. The van der Waals surface area contributed by atoms with Crippen molar-refractivity contribution in [2.24, 2.45) is 5.10 Å². The molecule has 1 N–H and O–H groups in total. The average Bonchev–Trinajstić information content (AvgIpc) is 2.86. The first-order valence-electron chi connectivity index (χ1n) is 7.54. The predicted octanol–water partition coefficient (Wildman–Crippen LogP) is 0.466. The van der Waals surface area contributed by atoms with E-state index in [1.165, 1.54) is 19.0 Å². The fourth-order valence-electron chi connectivity index (χ4n) is 1.36. The standard InChI is InChI=1S/C7H10O4.C6H10N2O.C2H4O2.CO2.H2/c1-5(8)3-6(9)4-7(10)11-2;1-3-5-4-6(9)8(2)7-5;1-2(3)4;2-1-3;/h3-4H2,1-2H3;3-4H2,1-2H3;1H3,(H,3,4);;1H. The number of ether oxygens (including phenoxy) is 1. The normalized spacial score (nSPS) is 11.1. The van der Waals surface area contributed by atoms with Gasteiger partial charge in [-0.25, -0.2) is 5.01 Å². The molecule has 27 heavy (non-hydrogen) atoms. The number of Topliss-reactive ketones (excluding diaryl/α,β-unsaturated/α-hetero) is 2. The van der Waals surface area contributed by atoms with E-state index >= 15 is 0 Å². The molecule has 0 fully saturated rings. The molecule has 11 heteroatoms. The van der Waals surface area contributed by atoms with Crippen molar-refractivity contribution in [3.8, 4) is 0 Å². The molecular formula is C16H26N2O9. The number of methoxy groups -OCH3 is 1. The van der Waals surface area contributed by atoms with E-state index in [0.717, 1.165) is 19.1 Å². The highest BCUT2D eigenvalue weighted by Crippen LogP contribution is 2.06. The van der Waals surface area contributed by atoms with Gasteiger partial charge in [-0.15, -0.1) is 0 Å². The Labute approximate surface area is 157 Å². The minimum Gasteiger partial charge on any atom is -0.481 e. The van der Waals surface area contributed by atoms with Gasteiger partial charge in [0, 0.05) is 21.1 Å². The van der Waals surface area contributed by atoms with E-state index in [9.17, 15) is 19.2 Å². The quantitative estimate of drug-likeness (QED) is 0.518. The number of ketones is 2. The molecule has 1 aliphatic rings. The molecule has 1 rings (SSSR count). The molecule has 0 atom stereocenters. The van der Waals surface area contributed by atoms with Crippen LogP contribution >= 0.6 is 0 Å². The third-order valence-corrected chi connectivity index (χ3v) is 2.43. The largest absolute Gasteiger partial charge is 0.481 e. The van der Waals surface area contributed by atoms with E-state index in [4.69, 9.17) is 19.5 Å². The molecule has 1 aliphatic heterocycles. The second-order valence-electron chi connectivity index (χ2n) is 4.89. The average molecular weight is 390 g/mol. The molecule has 154 valence electrons. The summed E-state index contributed by atoms with van der Waals surface area (Å²) in [5.41, 5.74) is 0.988. The molecule has 0 saturated heterocycles. The van der Waals surface area contributed by atoms with Crippen LogP contribution in [0.5, 0.6) is 0 Å². The van der Waals surface area contributed by atoms with Crippen molar-refractivity contribution in [3.63, 3.8) is 0 Å². The van der Waals surface area contributed by atoms with Crippen molar-refractivity contribution >= 4 is 41.3 Å². The van der Waals surface area contributed by atoms with Gasteiger partial charge in [-0.3, -0.25) is 24.0 Å². The zero-order valence-corrected chi connectivity index (χ0v) is 15.9. The second-order valence-corrected chi connectivity index (χ2v) is 4.89. The minimum atomic E-state index is -0.833. The van der Waals surface area contributed by atoms with Crippen molar-refractivity contribution in [2.75, 3.05) is 14.2 Å². The van der Waals surface area contributed by atoms with Crippen LogP contribution in [0.4, 0.5) is 0 Å². The van der Waals surface area contributed by atoms with Crippen molar-refractivity contribution in [3.05, 3.63) is 0 Å². The predicted molar refractivity (Wildman–Crippen MR) is 92.5 cm³/mol. The molecule has 1 amide bonds. The first-order valence-corrected chi connectivity index (χ1v) is 7.54. The summed E-state index contributed by atoms with van der Waals surface area (Å²) in [7, 11) is 2.88. The smallest absolute Gasteiger partial charge is 0.373 e. The maximum Gasteiger partial charge on any atom is 0.373 e. The number of rotatable bonds is 5. The van der Waals surface area contributed by atoms with E-state index in [-0.39, 0.29) is 32.1 Å². The Morgan fingerprint density at radius 2 is 1.67 bits per heavy atom. The summed E-state index contributed by atoms with van der Waals surface area (Å²) in [6.07, 6.45) is 1.16. The van der Waals surface area contributed by atoms with Gasteiger partial charge in [0.1, 0.15) is 12.2 Å². The number of carboxylic acids is 1. The maximum atomic E-state index is 10.8. The number of carbonyl (C=O) groups is 5. The third-order valence-electron chi connectivity index (χ3n) is 2.43. The van der Waals surface area contributed by atoms with Crippen LogP contribution in [0.1, 0.15) is 47.9 Å². The molecule has 0 spiro atoms. The van der Waals surface area contributed by atoms with Crippen LogP contribution in [0, 0.1) is 0 Å². The van der Waals surface area contributed by atoms with Crippen molar-refractivity contribution < 1.29 is 44.8 Å². The second kappa shape index (κ2) is 17.6. The highest BCUT2D eigenvalue weighted by atomic mass is 16.5. The summed E-state index contributed by atoms with van der Waals surface area (Å²) in [5.74, 6) is -1.97. The summed E-state index contributed by atoms with van der Waals surface area (Å²) >= 11 is 0. The molecule has 0 aliphatic carbocycles. The lowest BCUT2D eigenvalue weighted by molar-refractivity contribution is -0.191. The summed E-state index contributed by atoms with van der Waals surface area (Å²) < 4.78 is 4.23. The highest BCUT2D eigenvalue weighted by molar-refractivity contribution is 6.05. The maximum absolute atomic E-state index is 10.8. The summed E-state index contributed by atoms with van der Waals surface area (Å²) in [6.45, 7) is 4.39. The Morgan fingerprint density at radius 1 is 1.22 bits per heavy atom. The topological polar surface area (TPSA) is 165 Å². The number of nitrogens with zero attached hydrogens (tertiary/aromatic N) is 2. The molecule has 0 aromatic carbocycles. The molecule has 0 aromatic heterocycles. The number of amides is 1. The fourth-order valence-corrected chi connectivity index (χ4v) is 1.36. The van der Waals surface area contributed by atoms with E-state index < -0.39 is 17.7 Å². The van der Waals surface area contributed by atoms with Crippen LogP contribution in [-0.4, -0.2) is 65.5 Å². The monoisotopic (exact) mass is 390 g/mol. The first kappa shape index (κ1) is 28.6. The molecule has 11 nitrogen and oxygen atoms in total. The highest BCUT2D eigenvalue weighted by Gasteiger charge is 2.17. The van der Waals surface area contributed by atoms with Crippen molar-refractivity contribution in [2.45, 2.75) is 46.5 Å². The molecule has 0 radical (unpaired) electrons. The Balaban J connectivity index is -0.000000152. The summed E-state index contributed by atoms with van der Waals surface area (Å²) in [6, 6.07) is 0. The van der Waals surface area contributed by atoms with E-state index in [0.29, 0.717) is 6.42 Å². The molecule has 0 unspecified atom stereocenters. The minimum absolute atomic E-state index is 0. The van der Waals surface area contributed by atoms with E-state index in [1.807, 2.05) is 6.92 Å². The van der Waals surface area contributed by atoms with Crippen LogP contribution in [0.25, 0.3) is 0 Å². The van der Waals surface area contributed by atoms with Crippen molar-refractivity contribution in [1.29, 1.82) is 0 Å². The first-order chi connectivity index (χ1) is 12.4. The number of carboxylic acid groups (broad SMARTS) is 1. The Bertz CT molecular complexity index is 593. The zero-order chi connectivity index (χ0) is 22.0. The number of aliphatic carboxylic acids is 1. The number of hydrogen-bond donors (Lipinski definition) is 1. The van der Waals surface area contributed by atoms with Crippen LogP contribution in [0.3, 0.4) is 0 Å². The zero-order valence-electron chi connectivity index (χ0n) is 15.9. The van der Waals surface area contributed by atoms with Gasteiger partial charge in [-0.05, 0) is 13.3 Å². The van der Waals surface area contributed by atoms with Crippen LogP contribution in [0.2, 0.25) is 0 Å². The van der Waals surface area contributed by atoms with Gasteiger partial charge < -0.3 is 9.84 Å². The lowest BCUT2D eigenvalue weighted by atomic mass is 10.2. The molecule has 1 heterocycles. The van der Waals surface area contributed by atoms with Crippen molar-refractivity contribution in [1.82, 2.24) is 5.01 Å². The number of hydrazone groups is 1. The molecule has 0 saturated carbocycles. The molecule has 0 aromatic rings. The summed E-state index contributed by atoms with van der Waals surface area (Å²) in [4.78, 5) is 67.5. The van der Waals surface area contributed by atoms with Crippen LogP contribution in [0.15, 0.2) is 5.10 Å². The Kier molecular flexibility index (Phi) is 18.7. The van der Waals surface area contributed by atoms with E-state index in [2.05, 4.69) is 9.84 Å². The Hall–Kier alpha value is -3.20. The van der Waals surface area contributed by atoms with Gasteiger partial charge in [0.2, 0.25) is 5.91 Å². The molecule has 0 bridgehead atoms. The van der Waals surface area contributed by atoms with Gasteiger partial charge in [-0.2, -0.15) is 14.7 Å². The third kappa shape index (κ3) is 22.8. The lowest BCUT2D eigenvalue weighted by Crippen LogP contribution is -2.13. The lowest BCUT2D eigenvalue weighted by Gasteiger charge is -1.98. The van der Waals surface area contributed by atoms with Gasteiger partial charge in [0.05, 0.1) is 20.0 Å². The summed E-state index contributed by atoms with van der Waals surface area (Å²) in [5, 5.41) is 12.8. The van der Waals surface area contributed by atoms with Crippen LogP contribution in [-0.2, 0) is 38.3 Å². The fraction of sp³-hybridized carbons (Fsp3) is 0.562. The van der Waals surface area contributed by atoms with Crippen LogP contribution < -0.4 is 0 Å². The number of carbonyl (C=O) groups excluding carboxylic acids is 6. The Morgan fingerprint density at radius 3 is 1.89 bits per heavy atom. The van der Waals surface area contributed by atoms with Gasteiger partial charge in [0.25, 0.3) is 5.97 Å². The van der Waals surface area contributed by atoms with Gasteiger partial charge >= 0.3 is 12.1 Å². The SMILES string of the molecule is CC(=O)O.CCC1=NN(C)C(=O)C1.COC(=O)CC(=O)CC(C)=O.O=C=O.[HH]. The van der Waals surface area contributed by atoms with E-state index in [1.54, 1.807) is 7.05 Å². The van der Waals surface area contributed by atoms with Gasteiger partial charge in [-0.1, -0.05) is 6.92 Å². The number of esters is 1.